The Bertz CT molecular complexity index is 680. The highest BCUT2D eigenvalue weighted by Crippen LogP contribution is 2.30. The number of pyridine rings is 1. The van der Waals surface area contributed by atoms with Crippen molar-refractivity contribution in [1.82, 2.24) is 14.9 Å². The number of thiazole rings is 1. The van der Waals surface area contributed by atoms with Gasteiger partial charge in [0.1, 0.15) is 10.3 Å². The molecule has 0 saturated carbocycles. The Morgan fingerprint density at radius 2 is 2.00 bits per heavy atom. The molecule has 8 heteroatoms. The molecule has 1 fully saturated rings. The van der Waals surface area contributed by atoms with Crippen molar-refractivity contribution in [3.8, 4) is 0 Å². The lowest BCUT2D eigenvalue weighted by Gasteiger charge is -2.42. The molecule has 0 unspecified atom stereocenters. The zero-order chi connectivity index (χ0) is 15.1. The van der Waals surface area contributed by atoms with Crippen molar-refractivity contribution in [3.63, 3.8) is 0 Å². The number of piperazine rings is 1. The normalized spacial score (nSPS) is 22.8. The summed E-state index contributed by atoms with van der Waals surface area (Å²) in [7, 11) is 0. The van der Waals surface area contributed by atoms with Crippen molar-refractivity contribution in [2.75, 3.05) is 18.0 Å². The van der Waals surface area contributed by atoms with Gasteiger partial charge in [-0.25, -0.2) is 14.8 Å². The van der Waals surface area contributed by atoms with Gasteiger partial charge in [-0.05, 0) is 26.0 Å². The van der Waals surface area contributed by atoms with Gasteiger partial charge in [-0.1, -0.05) is 11.3 Å². The van der Waals surface area contributed by atoms with E-state index >= 15 is 0 Å². The number of nitrogens with zero attached hydrogens (tertiary/aromatic N) is 4. The zero-order valence-electron chi connectivity index (χ0n) is 11.7. The first-order valence-corrected chi connectivity index (χ1v) is 7.46. The van der Waals surface area contributed by atoms with Gasteiger partial charge < -0.3 is 10.0 Å². The minimum Gasteiger partial charge on any atom is -0.465 e. The summed E-state index contributed by atoms with van der Waals surface area (Å²) in [5.74, 6) is -0.518. The first-order chi connectivity index (χ1) is 9.95. The zero-order valence-corrected chi connectivity index (χ0v) is 12.5. The largest absolute Gasteiger partial charge is 0.465 e. The highest BCUT2D eigenvalue weighted by Gasteiger charge is 2.33. The van der Waals surface area contributed by atoms with Crippen LogP contribution >= 0.6 is 11.3 Å². The SMILES string of the molecule is C[C@@H]1CN(c2nc3ccc(F)nc3s2)C[C@H](C)N1C(=O)O. The summed E-state index contributed by atoms with van der Waals surface area (Å²) in [6.07, 6.45) is -0.900. The van der Waals surface area contributed by atoms with Crippen LogP contribution in [0.3, 0.4) is 0 Å². The predicted molar refractivity (Wildman–Crippen MR) is 78.4 cm³/mol. The van der Waals surface area contributed by atoms with E-state index in [-0.39, 0.29) is 12.1 Å². The molecule has 1 amide bonds. The molecule has 0 bridgehead atoms. The molecule has 1 aliphatic heterocycles. The van der Waals surface area contributed by atoms with Crippen LogP contribution in [0.1, 0.15) is 13.8 Å². The first-order valence-electron chi connectivity index (χ1n) is 6.65. The highest BCUT2D eigenvalue weighted by atomic mass is 32.1. The standard InChI is InChI=1S/C13H15FN4O2S/c1-7-5-17(6-8(2)18(7)13(19)20)12-15-9-3-4-10(14)16-11(9)21-12/h3-4,7-8H,5-6H2,1-2H3,(H,19,20)/t7-,8+. The molecule has 0 radical (unpaired) electrons. The van der Waals surface area contributed by atoms with Gasteiger partial charge in [-0.2, -0.15) is 4.39 Å². The lowest BCUT2D eigenvalue weighted by molar-refractivity contribution is 0.0982. The average Bonchev–Trinajstić information content (AvgIpc) is 2.80. The van der Waals surface area contributed by atoms with Gasteiger partial charge in [0, 0.05) is 13.1 Å². The third-order valence-electron chi connectivity index (χ3n) is 3.62. The number of hydrogen-bond donors (Lipinski definition) is 1. The quantitative estimate of drug-likeness (QED) is 0.819. The third-order valence-corrected chi connectivity index (χ3v) is 4.65. The van der Waals surface area contributed by atoms with Gasteiger partial charge in [0.15, 0.2) is 5.13 Å². The molecule has 3 rings (SSSR count). The maximum absolute atomic E-state index is 13.1. The number of carbonyl (C=O) groups is 1. The van der Waals surface area contributed by atoms with Crippen molar-refractivity contribution in [2.24, 2.45) is 0 Å². The summed E-state index contributed by atoms with van der Waals surface area (Å²) in [6.45, 7) is 4.89. The van der Waals surface area contributed by atoms with E-state index in [0.717, 1.165) is 5.13 Å². The molecule has 6 nitrogen and oxygen atoms in total. The van der Waals surface area contributed by atoms with Crippen LogP contribution in [0.2, 0.25) is 0 Å². The Balaban J connectivity index is 1.88. The Hall–Kier alpha value is -1.96. The molecule has 2 aromatic rings. The number of halogens is 1. The molecule has 0 aromatic carbocycles. The second-order valence-electron chi connectivity index (χ2n) is 5.25. The number of anilines is 1. The number of carboxylic acid groups (broad SMARTS) is 1. The molecule has 2 atom stereocenters. The van der Waals surface area contributed by atoms with Crippen LogP contribution in [0, 0.1) is 5.95 Å². The van der Waals surface area contributed by atoms with E-state index < -0.39 is 12.0 Å². The molecule has 0 spiro atoms. The molecule has 112 valence electrons. The number of hydrogen-bond acceptors (Lipinski definition) is 5. The van der Waals surface area contributed by atoms with Crippen LogP contribution in [0.25, 0.3) is 10.3 Å². The third kappa shape index (κ3) is 2.51. The molecule has 2 aromatic heterocycles. The van der Waals surface area contributed by atoms with Crippen molar-refractivity contribution in [1.29, 1.82) is 0 Å². The summed E-state index contributed by atoms with van der Waals surface area (Å²) in [5, 5.41) is 9.98. The van der Waals surface area contributed by atoms with E-state index in [1.54, 1.807) is 6.07 Å². The Morgan fingerprint density at radius 3 is 2.62 bits per heavy atom. The van der Waals surface area contributed by atoms with Crippen LogP contribution in [-0.4, -0.2) is 51.2 Å². The van der Waals surface area contributed by atoms with E-state index in [0.29, 0.717) is 23.4 Å². The van der Waals surface area contributed by atoms with Crippen LogP contribution in [0.15, 0.2) is 12.1 Å². The van der Waals surface area contributed by atoms with Gasteiger partial charge in [0.25, 0.3) is 0 Å². The second-order valence-corrected chi connectivity index (χ2v) is 6.20. The molecule has 1 saturated heterocycles. The van der Waals surface area contributed by atoms with Gasteiger partial charge in [-0.15, -0.1) is 0 Å². The van der Waals surface area contributed by atoms with Crippen molar-refractivity contribution in [3.05, 3.63) is 18.1 Å². The lowest BCUT2D eigenvalue weighted by Crippen LogP contribution is -2.58. The Labute approximate surface area is 124 Å². The fourth-order valence-electron chi connectivity index (χ4n) is 2.77. The second kappa shape index (κ2) is 5.10. The topological polar surface area (TPSA) is 69.6 Å². The van der Waals surface area contributed by atoms with Gasteiger partial charge in [0.05, 0.1) is 12.1 Å². The number of rotatable bonds is 1. The Kier molecular flexibility index (Phi) is 3.40. The van der Waals surface area contributed by atoms with Crippen molar-refractivity contribution < 1.29 is 14.3 Å². The van der Waals surface area contributed by atoms with Gasteiger partial charge in [0.2, 0.25) is 5.95 Å². The smallest absolute Gasteiger partial charge is 0.407 e. The lowest BCUT2D eigenvalue weighted by atomic mass is 10.1. The Morgan fingerprint density at radius 1 is 1.33 bits per heavy atom. The van der Waals surface area contributed by atoms with E-state index in [2.05, 4.69) is 9.97 Å². The fourth-order valence-corrected chi connectivity index (χ4v) is 3.72. The van der Waals surface area contributed by atoms with E-state index in [4.69, 9.17) is 0 Å². The van der Waals surface area contributed by atoms with Gasteiger partial charge in [-0.3, -0.25) is 4.90 Å². The minimum absolute atomic E-state index is 0.122. The van der Waals surface area contributed by atoms with Crippen molar-refractivity contribution in [2.45, 2.75) is 25.9 Å². The number of aromatic nitrogens is 2. The minimum atomic E-state index is -0.900. The maximum atomic E-state index is 13.1. The molecule has 3 heterocycles. The number of amides is 1. The fraction of sp³-hybridized carbons (Fsp3) is 0.462. The molecular formula is C13H15FN4O2S. The molecule has 1 aliphatic rings. The van der Waals surface area contributed by atoms with Gasteiger partial charge >= 0.3 is 6.09 Å². The molecule has 0 aliphatic carbocycles. The van der Waals surface area contributed by atoms with E-state index in [9.17, 15) is 14.3 Å². The predicted octanol–water partition coefficient (Wildman–Crippen LogP) is 2.41. The van der Waals surface area contributed by atoms with E-state index in [1.807, 2.05) is 18.7 Å². The van der Waals surface area contributed by atoms with Crippen LogP contribution in [0.4, 0.5) is 14.3 Å². The molecule has 21 heavy (non-hydrogen) atoms. The van der Waals surface area contributed by atoms with Crippen LogP contribution < -0.4 is 4.90 Å². The summed E-state index contributed by atoms with van der Waals surface area (Å²) in [6, 6.07) is 2.66. The van der Waals surface area contributed by atoms with Crippen LogP contribution in [0.5, 0.6) is 0 Å². The monoisotopic (exact) mass is 310 g/mol. The highest BCUT2D eigenvalue weighted by molar-refractivity contribution is 7.21. The summed E-state index contributed by atoms with van der Waals surface area (Å²) in [5.41, 5.74) is 0.664. The summed E-state index contributed by atoms with van der Waals surface area (Å²) in [4.78, 5) is 23.6. The van der Waals surface area contributed by atoms with Crippen molar-refractivity contribution >= 4 is 32.9 Å². The van der Waals surface area contributed by atoms with E-state index in [1.165, 1.54) is 22.3 Å². The van der Waals surface area contributed by atoms with Crippen LogP contribution in [-0.2, 0) is 0 Å². The molecule has 1 N–H and O–H groups in total. The number of fused-ring (bicyclic) bond motifs is 1. The summed E-state index contributed by atoms with van der Waals surface area (Å²) < 4.78 is 13.1. The molecular weight excluding hydrogens is 295 g/mol. The summed E-state index contributed by atoms with van der Waals surface area (Å²) >= 11 is 1.33. The maximum Gasteiger partial charge on any atom is 0.407 e. The first kappa shape index (κ1) is 14.0. The average molecular weight is 310 g/mol.